The maximum absolute atomic E-state index is 13.2. The van der Waals surface area contributed by atoms with Crippen molar-refractivity contribution in [3.63, 3.8) is 0 Å². The molecule has 1 N–H and O–H groups in total. The maximum Gasteiger partial charge on any atom is 0.435 e. The van der Waals surface area contributed by atoms with Gasteiger partial charge in [0.15, 0.2) is 5.69 Å². The van der Waals surface area contributed by atoms with Gasteiger partial charge in [0.05, 0.1) is 11.8 Å². The third kappa shape index (κ3) is 3.94. The summed E-state index contributed by atoms with van der Waals surface area (Å²) in [4.78, 5) is 24.5. The molecule has 0 atom stereocenters. The number of nitrogens with zero attached hydrogens (tertiary/aromatic N) is 2. The molecule has 140 valence electrons. The van der Waals surface area contributed by atoms with Crippen LogP contribution in [0, 0.1) is 11.6 Å². The zero-order valence-electron chi connectivity index (χ0n) is 13.3. The molecule has 0 saturated heterocycles. The summed E-state index contributed by atoms with van der Waals surface area (Å²) in [5.41, 5.74) is -0.476. The fraction of sp³-hybridized carbons (Fsp3) is 0.118. The second-order valence-corrected chi connectivity index (χ2v) is 5.60. The highest BCUT2D eigenvalue weighted by Crippen LogP contribution is 2.31. The number of alkyl halides is 3. The van der Waals surface area contributed by atoms with Gasteiger partial charge in [0.1, 0.15) is 11.6 Å². The Bertz CT molecular complexity index is 1070. The number of benzene rings is 2. The minimum atomic E-state index is -4.87. The maximum atomic E-state index is 13.2. The van der Waals surface area contributed by atoms with Crippen molar-refractivity contribution < 1.29 is 26.7 Å². The number of carbonyl (C=O) groups excluding carboxylic acids is 1. The van der Waals surface area contributed by atoms with Crippen molar-refractivity contribution in [3.05, 3.63) is 75.7 Å². The molecule has 0 aliphatic carbocycles. The lowest BCUT2D eigenvalue weighted by Crippen LogP contribution is -2.37. The Morgan fingerprint density at radius 1 is 1.04 bits per heavy atom. The van der Waals surface area contributed by atoms with Crippen molar-refractivity contribution in [3.8, 4) is 0 Å². The molecule has 0 saturated carbocycles. The Morgan fingerprint density at radius 2 is 1.63 bits per heavy atom. The van der Waals surface area contributed by atoms with Crippen molar-refractivity contribution in [2.45, 2.75) is 12.6 Å². The highest BCUT2D eigenvalue weighted by molar-refractivity contribution is 5.87. The van der Waals surface area contributed by atoms with Crippen molar-refractivity contribution in [1.29, 1.82) is 0 Å². The molecule has 0 unspecified atom stereocenters. The number of halogens is 5. The van der Waals surface area contributed by atoms with Crippen molar-refractivity contribution in [2.24, 2.45) is 0 Å². The van der Waals surface area contributed by atoms with Crippen LogP contribution in [0.2, 0.25) is 0 Å². The number of fused-ring (bicyclic) bond motifs is 1. The standard InChI is InChI=1S/C17H10F5N3O2/c18-10-5-9(6-11(19)8-10)7-14(26)23-25-16(27)13-4-2-1-3-12(13)15(24-25)17(20,21)22/h1-6,8H,7H2,(H,23,26). The summed E-state index contributed by atoms with van der Waals surface area (Å²) in [5.74, 6) is -2.81. The van der Waals surface area contributed by atoms with Gasteiger partial charge in [0, 0.05) is 11.5 Å². The average Bonchev–Trinajstić information content (AvgIpc) is 2.55. The Balaban J connectivity index is 1.98. The molecule has 1 aromatic heterocycles. The lowest BCUT2D eigenvalue weighted by Gasteiger charge is -2.13. The molecule has 5 nitrogen and oxygen atoms in total. The normalized spacial score (nSPS) is 11.6. The highest BCUT2D eigenvalue weighted by atomic mass is 19.4. The van der Waals surface area contributed by atoms with Gasteiger partial charge in [-0.05, 0) is 23.8 Å². The summed E-state index contributed by atoms with van der Waals surface area (Å²) in [6, 6.07) is 7.33. The average molecular weight is 383 g/mol. The molecular weight excluding hydrogens is 373 g/mol. The van der Waals surface area contributed by atoms with Crippen LogP contribution in [0.25, 0.3) is 10.8 Å². The van der Waals surface area contributed by atoms with Crippen LogP contribution in [0.4, 0.5) is 22.0 Å². The first kappa shape index (κ1) is 18.5. The van der Waals surface area contributed by atoms with Gasteiger partial charge in [0.25, 0.3) is 5.56 Å². The molecule has 0 radical (unpaired) electrons. The molecular formula is C17H10F5N3O2. The van der Waals surface area contributed by atoms with Gasteiger partial charge in [0.2, 0.25) is 5.91 Å². The molecule has 0 bridgehead atoms. The van der Waals surface area contributed by atoms with E-state index in [9.17, 15) is 31.5 Å². The number of hydrogen-bond acceptors (Lipinski definition) is 3. The number of hydrogen-bond donors (Lipinski definition) is 1. The van der Waals surface area contributed by atoms with Crippen LogP contribution in [-0.2, 0) is 17.4 Å². The van der Waals surface area contributed by atoms with Crippen LogP contribution in [0.3, 0.4) is 0 Å². The molecule has 2 aromatic carbocycles. The molecule has 0 aliphatic rings. The molecule has 1 amide bonds. The van der Waals surface area contributed by atoms with Crippen molar-refractivity contribution in [2.75, 3.05) is 5.43 Å². The van der Waals surface area contributed by atoms with E-state index in [0.717, 1.165) is 18.2 Å². The first-order valence-electron chi connectivity index (χ1n) is 7.49. The van der Waals surface area contributed by atoms with E-state index in [0.29, 0.717) is 6.07 Å². The van der Waals surface area contributed by atoms with E-state index in [2.05, 4.69) is 5.10 Å². The molecule has 1 heterocycles. The summed E-state index contributed by atoms with van der Waals surface area (Å²) in [6.07, 6.45) is -5.44. The zero-order chi connectivity index (χ0) is 19.8. The zero-order valence-corrected chi connectivity index (χ0v) is 13.3. The van der Waals surface area contributed by atoms with Gasteiger partial charge < -0.3 is 0 Å². The number of carbonyl (C=O) groups is 1. The fourth-order valence-electron chi connectivity index (χ4n) is 2.53. The molecule has 27 heavy (non-hydrogen) atoms. The minimum Gasteiger partial charge on any atom is -0.273 e. The Morgan fingerprint density at radius 3 is 2.22 bits per heavy atom. The Hall–Kier alpha value is -3.30. The molecule has 3 aromatic rings. The first-order chi connectivity index (χ1) is 12.6. The highest BCUT2D eigenvalue weighted by Gasteiger charge is 2.36. The number of aromatic nitrogens is 2. The summed E-state index contributed by atoms with van der Waals surface area (Å²) < 4.78 is 66.0. The lowest BCUT2D eigenvalue weighted by molar-refractivity contribution is -0.141. The summed E-state index contributed by atoms with van der Waals surface area (Å²) in [7, 11) is 0. The topological polar surface area (TPSA) is 64.0 Å². The van der Waals surface area contributed by atoms with E-state index in [1.807, 2.05) is 5.43 Å². The molecule has 0 spiro atoms. The van der Waals surface area contributed by atoms with E-state index in [1.54, 1.807) is 0 Å². The van der Waals surface area contributed by atoms with Crippen LogP contribution in [-0.4, -0.2) is 15.8 Å². The predicted molar refractivity (Wildman–Crippen MR) is 85.4 cm³/mol. The number of nitrogens with one attached hydrogen (secondary N) is 1. The van der Waals surface area contributed by atoms with Gasteiger partial charge in [-0.1, -0.05) is 18.2 Å². The molecule has 0 fully saturated rings. The van der Waals surface area contributed by atoms with Gasteiger partial charge >= 0.3 is 6.18 Å². The van der Waals surface area contributed by atoms with Crippen molar-refractivity contribution >= 4 is 16.7 Å². The molecule has 10 heteroatoms. The van der Waals surface area contributed by atoms with Gasteiger partial charge in [-0.3, -0.25) is 9.59 Å². The Kier molecular flexibility index (Phi) is 4.64. The van der Waals surface area contributed by atoms with Crippen LogP contribution < -0.4 is 11.0 Å². The summed E-state index contributed by atoms with van der Waals surface area (Å²) in [6.45, 7) is 0. The van der Waals surface area contributed by atoms with Crippen LogP contribution >= 0.6 is 0 Å². The number of rotatable bonds is 3. The SMILES string of the molecule is O=C(Cc1cc(F)cc(F)c1)Nn1nc(C(F)(F)F)c2ccccc2c1=O. The van der Waals surface area contributed by atoms with Crippen LogP contribution in [0.5, 0.6) is 0 Å². The van der Waals surface area contributed by atoms with Gasteiger partial charge in [-0.2, -0.15) is 13.2 Å². The first-order valence-corrected chi connectivity index (χ1v) is 7.49. The molecule has 3 rings (SSSR count). The quantitative estimate of drug-likeness (QED) is 0.708. The molecule has 0 aliphatic heterocycles. The number of amides is 1. The predicted octanol–water partition coefficient (Wildman–Crippen LogP) is 3.01. The second-order valence-electron chi connectivity index (χ2n) is 5.60. The summed E-state index contributed by atoms with van der Waals surface area (Å²) in [5, 5.41) is 2.48. The second kappa shape index (κ2) is 6.78. The third-order valence-corrected chi connectivity index (χ3v) is 3.59. The van der Waals surface area contributed by atoms with E-state index in [-0.39, 0.29) is 15.7 Å². The van der Waals surface area contributed by atoms with E-state index in [4.69, 9.17) is 0 Å². The Labute approximate surface area is 148 Å². The summed E-state index contributed by atoms with van der Waals surface area (Å²) >= 11 is 0. The monoisotopic (exact) mass is 383 g/mol. The fourth-order valence-corrected chi connectivity index (χ4v) is 2.53. The third-order valence-electron chi connectivity index (χ3n) is 3.59. The largest absolute Gasteiger partial charge is 0.435 e. The van der Waals surface area contributed by atoms with Crippen LogP contribution in [0.1, 0.15) is 11.3 Å². The van der Waals surface area contributed by atoms with E-state index < -0.39 is 46.8 Å². The minimum absolute atomic E-state index is 0.0603. The van der Waals surface area contributed by atoms with E-state index in [1.165, 1.54) is 18.2 Å². The van der Waals surface area contributed by atoms with Crippen LogP contribution in [0.15, 0.2) is 47.3 Å². The van der Waals surface area contributed by atoms with Gasteiger partial charge in [-0.15, -0.1) is 9.89 Å². The smallest absolute Gasteiger partial charge is 0.273 e. The van der Waals surface area contributed by atoms with Crippen molar-refractivity contribution in [1.82, 2.24) is 9.89 Å². The lowest BCUT2D eigenvalue weighted by atomic mass is 10.1. The van der Waals surface area contributed by atoms with Gasteiger partial charge in [-0.25, -0.2) is 14.2 Å². The van der Waals surface area contributed by atoms with E-state index >= 15 is 0 Å².